The van der Waals surface area contributed by atoms with E-state index in [1.165, 1.54) is 0 Å². The number of hydrogen-bond acceptors (Lipinski definition) is 1. The molecule has 16 heavy (non-hydrogen) atoms. The summed E-state index contributed by atoms with van der Waals surface area (Å²) >= 11 is 5.72. The quantitative estimate of drug-likeness (QED) is 0.613. The monoisotopic (exact) mass is 236 g/mol. The number of unbranched alkanes of at least 4 members (excludes halogenated alkanes) is 1. The molecule has 3 nitrogen and oxygen atoms in total. The maximum Gasteiger partial charge on any atom is 0.319 e. The second-order valence-corrected chi connectivity index (χ2v) is 3.63. The second-order valence-electron chi connectivity index (χ2n) is 3.20. The number of anilines is 1. The number of nitrogens with one attached hydrogen (secondary N) is 2. The molecule has 1 aromatic carbocycles. The minimum absolute atomic E-state index is 0.237. The van der Waals surface area contributed by atoms with Crippen molar-refractivity contribution < 1.29 is 4.79 Å². The molecule has 0 heterocycles. The Hall–Kier alpha value is -1.66. The Morgan fingerprint density at radius 2 is 2.06 bits per heavy atom. The van der Waals surface area contributed by atoms with Gasteiger partial charge in [-0.1, -0.05) is 11.6 Å². The summed E-state index contributed by atoms with van der Waals surface area (Å²) in [5, 5.41) is 6.03. The molecule has 84 valence electrons. The van der Waals surface area contributed by atoms with Crippen molar-refractivity contribution in [3.63, 3.8) is 0 Å². The number of benzene rings is 1. The van der Waals surface area contributed by atoms with Crippen molar-refractivity contribution in [1.29, 1.82) is 0 Å². The van der Waals surface area contributed by atoms with Gasteiger partial charge >= 0.3 is 6.03 Å². The standard InChI is InChI=1S/C12H13ClN2O/c1-2-3-4-9-14-12(16)15-11-7-5-10(13)6-8-11/h1,5-8H,3-4,9H2,(H2,14,15,16). The fraction of sp³-hybridized carbons (Fsp3) is 0.250. The summed E-state index contributed by atoms with van der Waals surface area (Å²) < 4.78 is 0. The number of hydrogen-bond donors (Lipinski definition) is 2. The molecule has 0 saturated heterocycles. The van der Waals surface area contributed by atoms with Gasteiger partial charge in [-0.15, -0.1) is 12.3 Å². The van der Waals surface area contributed by atoms with Crippen molar-refractivity contribution in [3.05, 3.63) is 29.3 Å². The second kappa shape index (κ2) is 6.76. The third-order valence-electron chi connectivity index (χ3n) is 1.89. The van der Waals surface area contributed by atoms with Gasteiger partial charge in [0.1, 0.15) is 0 Å². The topological polar surface area (TPSA) is 41.1 Å². The van der Waals surface area contributed by atoms with E-state index < -0.39 is 0 Å². The zero-order valence-electron chi connectivity index (χ0n) is 8.79. The molecular weight excluding hydrogens is 224 g/mol. The summed E-state index contributed by atoms with van der Waals surface area (Å²) in [6, 6.07) is 6.68. The van der Waals surface area contributed by atoms with Crippen molar-refractivity contribution in [2.75, 3.05) is 11.9 Å². The van der Waals surface area contributed by atoms with Gasteiger partial charge < -0.3 is 10.6 Å². The van der Waals surface area contributed by atoms with Gasteiger partial charge in [0.25, 0.3) is 0 Å². The van der Waals surface area contributed by atoms with Crippen molar-refractivity contribution >= 4 is 23.3 Å². The number of halogens is 1. The zero-order chi connectivity index (χ0) is 11.8. The van der Waals surface area contributed by atoms with Crippen LogP contribution in [0, 0.1) is 12.3 Å². The molecule has 0 aromatic heterocycles. The highest BCUT2D eigenvalue weighted by atomic mass is 35.5. The summed E-state index contributed by atoms with van der Waals surface area (Å²) in [6.07, 6.45) is 6.54. The van der Waals surface area contributed by atoms with Crippen LogP contribution < -0.4 is 10.6 Å². The Kier molecular flexibility index (Phi) is 5.24. The lowest BCUT2D eigenvalue weighted by Gasteiger charge is -2.06. The van der Waals surface area contributed by atoms with Crippen LogP contribution in [-0.4, -0.2) is 12.6 Å². The van der Waals surface area contributed by atoms with Crippen LogP contribution in [0.25, 0.3) is 0 Å². The average molecular weight is 237 g/mol. The molecule has 0 spiro atoms. The van der Waals surface area contributed by atoms with Gasteiger partial charge in [-0.05, 0) is 30.7 Å². The SMILES string of the molecule is C#CCCCNC(=O)Nc1ccc(Cl)cc1. The fourth-order valence-corrected chi connectivity index (χ4v) is 1.23. The zero-order valence-corrected chi connectivity index (χ0v) is 9.55. The van der Waals surface area contributed by atoms with Gasteiger partial charge in [-0.25, -0.2) is 4.79 Å². The normalized spacial score (nSPS) is 9.25. The van der Waals surface area contributed by atoms with E-state index in [-0.39, 0.29) is 6.03 Å². The molecule has 0 unspecified atom stereocenters. The predicted octanol–water partition coefficient (Wildman–Crippen LogP) is 2.87. The molecule has 0 aliphatic heterocycles. The molecule has 1 aromatic rings. The van der Waals surface area contributed by atoms with Crippen LogP contribution in [-0.2, 0) is 0 Å². The van der Waals surface area contributed by atoms with Gasteiger partial charge in [0.2, 0.25) is 0 Å². The Morgan fingerprint density at radius 3 is 2.69 bits per heavy atom. The Morgan fingerprint density at radius 1 is 1.38 bits per heavy atom. The smallest absolute Gasteiger partial charge is 0.319 e. The Labute approximate surface area is 100 Å². The van der Waals surface area contributed by atoms with E-state index >= 15 is 0 Å². The molecule has 0 aliphatic carbocycles. The highest BCUT2D eigenvalue weighted by molar-refractivity contribution is 6.30. The van der Waals surface area contributed by atoms with Crippen LogP contribution in [0.1, 0.15) is 12.8 Å². The molecule has 0 bridgehead atoms. The first-order valence-corrected chi connectivity index (χ1v) is 5.34. The van der Waals surface area contributed by atoms with Crippen molar-refractivity contribution in [2.45, 2.75) is 12.8 Å². The van der Waals surface area contributed by atoms with Gasteiger partial charge in [-0.2, -0.15) is 0 Å². The molecule has 0 saturated carbocycles. The highest BCUT2D eigenvalue weighted by Crippen LogP contribution is 2.12. The summed E-state index contributed by atoms with van der Waals surface area (Å²) in [5.41, 5.74) is 0.707. The lowest BCUT2D eigenvalue weighted by Crippen LogP contribution is -2.29. The predicted molar refractivity (Wildman–Crippen MR) is 66.5 cm³/mol. The first-order valence-electron chi connectivity index (χ1n) is 4.96. The van der Waals surface area contributed by atoms with E-state index in [0.29, 0.717) is 23.7 Å². The third-order valence-corrected chi connectivity index (χ3v) is 2.14. The summed E-state index contributed by atoms with van der Waals surface area (Å²) in [7, 11) is 0. The lowest BCUT2D eigenvalue weighted by molar-refractivity contribution is 0.252. The van der Waals surface area contributed by atoms with Crippen molar-refractivity contribution in [3.8, 4) is 12.3 Å². The minimum atomic E-state index is -0.237. The fourth-order valence-electron chi connectivity index (χ4n) is 1.10. The van der Waals surface area contributed by atoms with E-state index in [9.17, 15) is 4.79 Å². The van der Waals surface area contributed by atoms with E-state index in [2.05, 4.69) is 16.6 Å². The van der Waals surface area contributed by atoms with Gasteiger partial charge in [0.15, 0.2) is 0 Å². The summed E-state index contributed by atoms with van der Waals surface area (Å²) in [6.45, 7) is 0.573. The van der Waals surface area contributed by atoms with Gasteiger partial charge in [-0.3, -0.25) is 0 Å². The molecule has 1 rings (SSSR count). The molecule has 0 radical (unpaired) electrons. The van der Waals surface area contributed by atoms with Crippen LogP contribution in [0.15, 0.2) is 24.3 Å². The number of urea groups is 1. The van der Waals surface area contributed by atoms with Gasteiger partial charge in [0.05, 0.1) is 0 Å². The maximum absolute atomic E-state index is 11.4. The molecule has 0 atom stereocenters. The van der Waals surface area contributed by atoms with E-state index in [1.807, 2.05) is 0 Å². The number of rotatable bonds is 4. The van der Waals surface area contributed by atoms with E-state index in [0.717, 1.165) is 6.42 Å². The van der Waals surface area contributed by atoms with Gasteiger partial charge in [0, 0.05) is 23.7 Å². The highest BCUT2D eigenvalue weighted by Gasteiger charge is 1.99. The first-order chi connectivity index (χ1) is 7.72. The minimum Gasteiger partial charge on any atom is -0.338 e. The van der Waals surface area contributed by atoms with Crippen LogP contribution >= 0.6 is 11.6 Å². The Bertz CT molecular complexity index is 381. The van der Waals surface area contributed by atoms with Crippen molar-refractivity contribution in [1.82, 2.24) is 5.32 Å². The van der Waals surface area contributed by atoms with Crippen molar-refractivity contribution in [2.24, 2.45) is 0 Å². The molecular formula is C12H13ClN2O. The maximum atomic E-state index is 11.4. The number of carbonyl (C=O) groups is 1. The molecule has 2 amide bonds. The van der Waals surface area contributed by atoms with E-state index in [4.69, 9.17) is 18.0 Å². The molecule has 0 aliphatic rings. The summed E-state index contributed by atoms with van der Waals surface area (Å²) in [4.78, 5) is 11.4. The lowest BCUT2D eigenvalue weighted by atomic mass is 10.3. The Balaban J connectivity index is 2.29. The van der Waals surface area contributed by atoms with Crippen LogP contribution in [0.4, 0.5) is 10.5 Å². The van der Waals surface area contributed by atoms with Crippen LogP contribution in [0.3, 0.4) is 0 Å². The molecule has 2 N–H and O–H groups in total. The van der Waals surface area contributed by atoms with E-state index in [1.54, 1.807) is 24.3 Å². The average Bonchev–Trinajstić information content (AvgIpc) is 2.28. The van der Waals surface area contributed by atoms with Crippen LogP contribution in [0.2, 0.25) is 5.02 Å². The number of carbonyl (C=O) groups excluding carboxylic acids is 1. The van der Waals surface area contributed by atoms with Crippen LogP contribution in [0.5, 0.6) is 0 Å². The number of terminal acetylenes is 1. The third kappa shape index (κ3) is 4.72. The molecule has 0 fully saturated rings. The molecule has 4 heteroatoms. The first kappa shape index (κ1) is 12.4. The largest absolute Gasteiger partial charge is 0.338 e. The summed E-state index contributed by atoms with van der Waals surface area (Å²) in [5.74, 6) is 2.51. The number of amides is 2.